The summed E-state index contributed by atoms with van der Waals surface area (Å²) < 4.78 is 0. The Balaban J connectivity index is 2.19. The van der Waals surface area contributed by atoms with Crippen molar-refractivity contribution in [3.05, 3.63) is 0 Å². The van der Waals surface area contributed by atoms with Gasteiger partial charge in [0.15, 0.2) is 0 Å². The monoisotopic (exact) mass is 222 g/mol. The highest BCUT2D eigenvalue weighted by Gasteiger charge is 2.48. The van der Waals surface area contributed by atoms with E-state index in [2.05, 4.69) is 34.6 Å². The Hall–Kier alpha value is 0. The summed E-state index contributed by atoms with van der Waals surface area (Å²) >= 11 is 0. The molecule has 0 heteroatoms. The van der Waals surface area contributed by atoms with Crippen LogP contribution in [0.2, 0.25) is 0 Å². The first-order valence-electron chi connectivity index (χ1n) is 7.56. The average Bonchev–Trinajstić information content (AvgIpc) is 2.62. The van der Waals surface area contributed by atoms with E-state index in [0.717, 1.165) is 41.4 Å². The van der Waals surface area contributed by atoms with E-state index in [1.807, 2.05) is 0 Å². The van der Waals surface area contributed by atoms with Crippen molar-refractivity contribution >= 4 is 0 Å². The third-order valence-electron chi connectivity index (χ3n) is 6.01. The number of hydrogen-bond donors (Lipinski definition) is 0. The van der Waals surface area contributed by atoms with Gasteiger partial charge in [-0.1, -0.05) is 53.9 Å². The van der Waals surface area contributed by atoms with Crippen LogP contribution >= 0.6 is 0 Å². The molecule has 2 aliphatic carbocycles. The van der Waals surface area contributed by atoms with Gasteiger partial charge in [-0.05, 0) is 47.8 Å². The van der Waals surface area contributed by atoms with Crippen LogP contribution in [0.1, 0.15) is 60.3 Å². The molecule has 0 saturated heterocycles. The van der Waals surface area contributed by atoms with Crippen LogP contribution in [0.3, 0.4) is 0 Å². The Labute approximate surface area is 102 Å². The second-order valence-corrected chi connectivity index (χ2v) is 6.95. The van der Waals surface area contributed by atoms with E-state index in [-0.39, 0.29) is 0 Å². The van der Waals surface area contributed by atoms with Gasteiger partial charge in [0.1, 0.15) is 0 Å². The third-order valence-corrected chi connectivity index (χ3v) is 6.01. The molecule has 0 spiro atoms. The fourth-order valence-corrected chi connectivity index (χ4v) is 4.98. The van der Waals surface area contributed by atoms with Gasteiger partial charge in [0.2, 0.25) is 0 Å². The fourth-order valence-electron chi connectivity index (χ4n) is 4.98. The van der Waals surface area contributed by atoms with Gasteiger partial charge in [0.05, 0.1) is 0 Å². The predicted molar refractivity (Wildman–Crippen MR) is 71.3 cm³/mol. The fraction of sp³-hybridized carbons (Fsp3) is 1.00. The van der Waals surface area contributed by atoms with Crippen LogP contribution in [0.25, 0.3) is 0 Å². The summed E-state index contributed by atoms with van der Waals surface area (Å²) in [6.45, 7) is 12.4. The van der Waals surface area contributed by atoms with E-state index in [0.29, 0.717) is 0 Å². The van der Waals surface area contributed by atoms with E-state index in [4.69, 9.17) is 0 Å². The highest BCUT2D eigenvalue weighted by atomic mass is 14.5. The Bertz CT molecular complexity index is 232. The maximum atomic E-state index is 2.52. The van der Waals surface area contributed by atoms with Gasteiger partial charge in [-0.3, -0.25) is 0 Å². The minimum atomic E-state index is 0.949. The second-order valence-electron chi connectivity index (χ2n) is 6.95. The van der Waals surface area contributed by atoms with Gasteiger partial charge in [-0.25, -0.2) is 0 Å². The molecule has 0 aromatic heterocycles. The van der Waals surface area contributed by atoms with Crippen molar-refractivity contribution in [2.24, 2.45) is 41.4 Å². The molecular formula is C16H30. The molecule has 16 heavy (non-hydrogen) atoms. The molecule has 0 N–H and O–H groups in total. The first-order chi connectivity index (χ1) is 7.56. The Morgan fingerprint density at radius 2 is 1.50 bits per heavy atom. The number of rotatable bonds is 2. The summed E-state index contributed by atoms with van der Waals surface area (Å²) in [5, 5.41) is 0. The zero-order valence-corrected chi connectivity index (χ0v) is 11.9. The van der Waals surface area contributed by atoms with E-state index in [1.165, 1.54) is 25.7 Å². The summed E-state index contributed by atoms with van der Waals surface area (Å²) in [4.78, 5) is 0. The van der Waals surface area contributed by atoms with Gasteiger partial charge in [0.25, 0.3) is 0 Å². The summed E-state index contributed by atoms with van der Waals surface area (Å²) in [6.07, 6.45) is 5.86. The second kappa shape index (κ2) is 4.70. The molecule has 0 heterocycles. The number of hydrogen-bond acceptors (Lipinski definition) is 0. The molecule has 94 valence electrons. The molecule has 2 aliphatic rings. The van der Waals surface area contributed by atoms with Crippen LogP contribution in [0.4, 0.5) is 0 Å². The quantitative estimate of drug-likeness (QED) is 0.617. The van der Waals surface area contributed by atoms with Crippen LogP contribution in [0.5, 0.6) is 0 Å². The average molecular weight is 222 g/mol. The van der Waals surface area contributed by atoms with Gasteiger partial charge in [0, 0.05) is 0 Å². The molecule has 7 unspecified atom stereocenters. The van der Waals surface area contributed by atoms with Crippen LogP contribution in [0.15, 0.2) is 0 Å². The van der Waals surface area contributed by atoms with Crippen LogP contribution in [-0.2, 0) is 0 Å². The van der Waals surface area contributed by atoms with Crippen molar-refractivity contribution in [2.45, 2.75) is 60.3 Å². The summed E-state index contributed by atoms with van der Waals surface area (Å²) in [5.74, 6) is 7.04. The smallest absolute Gasteiger partial charge is 0.0324 e. The summed E-state index contributed by atoms with van der Waals surface area (Å²) in [6, 6.07) is 0. The SMILES string of the molecule is CCC(C)C1CC(C)C2C(C)CCC(C)C12. The zero-order valence-electron chi connectivity index (χ0n) is 11.9. The molecule has 0 nitrogen and oxygen atoms in total. The lowest BCUT2D eigenvalue weighted by Gasteiger charge is -2.41. The molecule has 0 aromatic carbocycles. The van der Waals surface area contributed by atoms with E-state index in [1.54, 1.807) is 0 Å². The van der Waals surface area contributed by atoms with Crippen molar-refractivity contribution in [1.29, 1.82) is 0 Å². The van der Waals surface area contributed by atoms with Crippen molar-refractivity contribution < 1.29 is 0 Å². The predicted octanol–water partition coefficient (Wildman–Crippen LogP) is 4.99. The van der Waals surface area contributed by atoms with Crippen molar-refractivity contribution in [2.75, 3.05) is 0 Å². The third kappa shape index (κ3) is 1.93. The highest BCUT2D eigenvalue weighted by Crippen LogP contribution is 2.56. The lowest BCUT2D eigenvalue weighted by atomic mass is 9.64. The van der Waals surface area contributed by atoms with Crippen molar-refractivity contribution in [3.63, 3.8) is 0 Å². The van der Waals surface area contributed by atoms with Crippen molar-refractivity contribution in [1.82, 2.24) is 0 Å². The van der Waals surface area contributed by atoms with Crippen molar-refractivity contribution in [3.8, 4) is 0 Å². The van der Waals surface area contributed by atoms with Gasteiger partial charge >= 0.3 is 0 Å². The minimum Gasteiger partial charge on any atom is -0.0651 e. The standard InChI is InChI=1S/C16H30/c1-6-10(2)14-9-13(5)15-11(3)7-8-12(4)16(14)15/h10-16H,6-9H2,1-5H3. The first-order valence-corrected chi connectivity index (χ1v) is 7.56. The lowest BCUT2D eigenvalue weighted by Crippen LogP contribution is -2.35. The molecule has 0 aliphatic heterocycles. The molecule has 0 aromatic rings. The normalized spacial score (nSPS) is 50.1. The molecule has 0 bridgehead atoms. The van der Waals surface area contributed by atoms with Crippen LogP contribution in [-0.4, -0.2) is 0 Å². The minimum absolute atomic E-state index is 0.949. The Morgan fingerprint density at radius 3 is 2.06 bits per heavy atom. The first kappa shape index (κ1) is 12.5. The van der Waals surface area contributed by atoms with E-state index >= 15 is 0 Å². The molecule has 0 amide bonds. The van der Waals surface area contributed by atoms with E-state index in [9.17, 15) is 0 Å². The van der Waals surface area contributed by atoms with Gasteiger partial charge in [-0.15, -0.1) is 0 Å². The van der Waals surface area contributed by atoms with E-state index < -0.39 is 0 Å². The summed E-state index contributed by atoms with van der Waals surface area (Å²) in [7, 11) is 0. The lowest BCUT2D eigenvalue weighted by molar-refractivity contribution is 0.0734. The van der Waals surface area contributed by atoms with Gasteiger partial charge < -0.3 is 0 Å². The molecule has 2 saturated carbocycles. The largest absolute Gasteiger partial charge is 0.0651 e. The number of fused-ring (bicyclic) bond motifs is 1. The van der Waals surface area contributed by atoms with Gasteiger partial charge in [-0.2, -0.15) is 0 Å². The van der Waals surface area contributed by atoms with Crippen LogP contribution < -0.4 is 0 Å². The zero-order chi connectivity index (χ0) is 11.9. The highest BCUT2D eigenvalue weighted by molar-refractivity contribution is 4.97. The molecule has 2 rings (SSSR count). The molecular weight excluding hydrogens is 192 g/mol. The maximum absolute atomic E-state index is 2.52. The molecule has 2 fully saturated rings. The van der Waals surface area contributed by atoms with Crippen LogP contribution in [0, 0.1) is 41.4 Å². The Morgan fingerprint density at radius 1 is 0.938 bits per heavy atom. The molecule has 0 radical (unpaired) electrons. The molecule has 7 atom stereocenters. The Kier molecular flexibility index (Phi) is 3.66. The topological polar surface area (TPSA) is 0 Å². The summed E-state index contributed by atoms with van der Waals surface area (Å²) in [5.41, 5.74) is 0. The maximum Gasteiger partial charge on any atom is -0.0324 e.